The molecule has 5 heteroatoms. The monoisotopic (exact) mass is 443 g/mol. The molecule has 172 valence electrons. The molecular weight excluding hydrogens is 410 g/mol. The van der Waals surface area contributed by atoms with E-state index in [1.165, 1.54) is 11.3 Å². The Morgan fingerprint density at radius 1 is 1.27 bits per heavy atom. The van der Waals surface area contributed by atoms with Gasteiger partial charge in [0.2, 0.25) is 0 Å². The molecule has 0 saturated heterocycles. The maximum absolute atomic E-state index is 13.4. The van der Waals surface area contributed by atoms with Crippen molar-refractivity contribution in [2.75, 3.05) is 32.6 Å². The molecule has 2 aromatic carbocycles. The molecular formula is C28H33N3O2. The zero-order chi connectivity index (χ0) is 24.1. The quantitative estimate of drug-likeness (QED) is 0.371. The number of methoxy groups -OCH3 is 1. The number of carbonyl (C=O) groups excluding carboxylic acids is 1. The predicted octanol–water partition coefficient (Wildman–Crippen LogP) is 5.66. The summed E-state index contributed by atoms with van der Waals surface area (Å²) in [5, 5.41) is 0. The van der Waals surface area contributed by atoms with Crippen molar-refractivity contribution < 1.29 is 9.53 Å². The summed E-state index contributed by atoms with van der Waals surface area (Å²) in [6.45, 7) is 12.8. The van der Waals surface area contributed by atoms with Gasteiger partial charge >= 0.3 is 0 Å². The van der Waals surface area contributed by atoms with Crippen molar-refractivity contribution in [1.29, 1.82) is 0 Å². The first-order chi connectivity index (χ1) is 15.9. The first-order valence-corrected chi connectivity index (χ1v) is 11.2. The van der Waals surface area contributed by atoms with Crippen LogP contribution in [0.2, 0.25) is 0 Å². The van der Waals surface area contributed by atoms with Crippen LogP contribution in [0.25, 0.3) is 11.1 Å². The van der Waals surface area contributed by atoms with Crippen LogP contribution in [-0.4, -0.2) is 44.8 Å². The number of fused-ring (bicyclic) bond motifs is 1. The van der Waals surface area contributed by atoms with E-state index in [4.69, 9.17) is 4.74 Å². The summed E-state index contributed by atoms with van der Waals surface area (Å²) in [5.41, 5.74) is 7.70. The van der Waals surface area contributed by atoms with Gasteiger partial charge < -0.3 is 14.5 Å². The van der Waals surface area contributed by atoms with Gasteiger partial charge in [-0.15, -0.1) is 0 Å². The molecule has 33 heavy (non-hydrogen) atoms. The summed E-state index contributed by atoms with van der Waals surface area (Å²) >= 11 is 0. The number of hydrogen-bond acceptors (Lipinski definition) is 4. The number of allylic oxidation sites excluding steroid dienone is 2. The lowest BCUT2D eigenvalue weighted by atomic mass is 9.94. The second-order valence-electron chi connectivity index (χ2n) is 8.20. The van der Waals surface area contributed by atoms with Crippen LogP contribution >= 0.6 is 0 Å². The van der Waals surface area contributed by atoms with Crippen LogP contribution < -0.4 is 9.64 Å². The summed E-state index contributed by atoms with van der Waals surface area (Å²) in [4.78, 5) is 21.7. The minimum Gasteiger partial charge on any atom is -0.496 e. The molecule has 1 amide bonds. The lowest BCUT2D eigenvalue weighted by molar-refractivity contribution is 0.0791. The Labute approximate surface area is 197 Å². The number of aryl methyl sites for hydroxylation is 1. The Hall–Kier alpha value is -3.60. The third kappa shape index (κ3) is 4.77. The molecule has 1 heterocycles. The number of rotatable bonds is 9. The van der Waals surface area contributed by atoms with Crippen LogP contribution in [0.4, 0.5) is 5.69 Å². The average Bonchev–Trinajstić information content (AvgIpc) is 3.13. The second kappa shape index (κ2) is 10.3. The Balaban J connectivity index is 2.03. The topological polar surface area (TPSA) is 45.1 Å². The number of aliphatic imine (C=N–C) groups is 1. The molecule has 0 fully saturated rings. The highest BCUT2D eigenvalue weighted by Crippen LogP contribution is 2.39. The van der Waals surface area contributed by atoms with Crippen LogP contribution in [-0.2, 0) is 13.0 Å². The van der Waals surface area contributed by atoms with Crippen LogP contribution in [0.15, 0.2) is 71.9 Å². The third-order valence-electron chi connectivity index (χ3n) is 5.89. The first-order valence-electron chi connectivity index (χ1n) is 11.2. The Morgan fingerprint density at radius 3 is 2.64 bits per heavy atom. The molecule has 0 aromatic heterocycles. The van der Waals surface area contributed by atoms with Crippen molar-refractivity contribution in [2.45, 2.75) is 26.8 Å². The molecule has 0 unspecified atom stereocenters. The van der Waals surface area contributed by atoms with E-state index >= 15 is 0 Å². The fraction of sp³-hybridized carbons (Fsp3) is 0.286. The number of ether oxygens (including phenoxy) is 1. The Kier molecular flexibility index (Phi) is 7.54. The Bertz CT molecular complexity index is 1140. The van der Waals surface area contributed by atoms with Gasteiger partial charge in [-0.3, -0.25) is 9.79 Å². The number of anilines is 1. The van der Waals surface area contributed by atoms with Gasteiger partial charge in [-0.2, -0.15) is 0 Å². The number of benzene rings is 2. The highest BCUT2D eigenvalue weighted by molar-refractivity contribution is 6.03. The third-order valence-corrected chi connectivity index (χ3v) is 5.89. The van der Waals surface area contributed by atoms with Gasteiger partial charge in [0, 0.05) is 39.1 Å². The molecule has 2 aromatic rings. The van der Waals surface area contributed by atoms with Gasteiger partial charge in [0.15, 0.2) is 0 Å². The molecule has 0 radical (unpaired) electrons. The van der Waals surface area contributed by atoms with Crippen molar-refractivity contribution in [1.82, 2.24) is 4.90 Å². The van der Waals surface area contributed by atoms with Gasteiger partial charge in [0.1, 0.15) is 5.75 Å². The molecule has 0 saturated carbocycles. The van der Waals surface area contributed by atoms with Crippen molar-refractivity contribution in [3.8, 4) is 16.9 Å². The molecule has 3 rings (SSSR count). The van der Waals surface area contributed by atoms with Gasteiger partial charge in [-0.05, 0) is 59.4 Å². The van der Waals surface area contributed by atoms with Crippen molar-refractivity contribution in [3.05, 3.63) is 83.6 Å². The summed E-state index contributed by atoms with van der Waals surface area (Å²) < 4.78 is 5.57. The van der Waals surface area contributed by atoms with E-state index < -0.39 is 0 Å². The molecule has 1 aliphatic rings. The maximum Gasteiger partial charge on any atom is 0.258 e. The summed E-state index contributed by atoms with van der Waals surface area (Å²) in [5.74, 6) is 0.541. The van der Waals surface area contributed by atoms with E-state index in [1.807, 2.05) is 19.1 Å². The van der Waals surface area contributed by atoms with E-state index in [9.17, 15) is 4.79 Å². The Morgan fingerprint density at radius 2 is 2.03 bits per heavy atom. The number of amides is 1. The van der Waals surface area contributed by atoms with Gasteiger partial charge in [0.05, 0.1) is 18.4 Å². The molecule has 1 aliphatic heterocycles. The van der Waals surface area contributed by atoms with E-state index in [-0.39, 0.29) is 5.91 Å². The normalized spacial score (nSPS) is 13.4. The highest BCUT2D eigenvalue weighted by Gasteiger charge is 2.33. The molecule has 0 atom stereocenters. The maximum atomic E-state index is 13.4. The zero-order valence-corrected chi connectivity index (χ0v) is 20.3. The van der Waals surface area contributed by atoms with E-state index in [0.717, 1.165) is 28.7 Å². The van der Waals surface area contributed by atoms with Gasteiger partial charge in [-0.1, -0.05) is 44.4 Å². The van der Waals surface area contributed by atoms with Crippen molar-refractivity contribution in [3.63, 3.8) is 0 Å². The van der Waals surface area contributed by atoms with Crippen molar-refractivity contribution >= 4 is 17.8 Å². The lowest BCUT2D eigenvalue weighted by Gasteiger charge is -2.19. The van der Waals surface area contributed by atoms with Crippen LogP contribution in [0.1, 0.15) is 35.3 Å². The van der Waals surface area contributed by atoms with Crippen molar-refractivity contribution in [2.24, 2.45) is 4.99 Å². The standard InChI is InChI=1S/C28H33N3O2/c1-8-11-24(29-10-3)19(4)17-31-18-23-22(14-15-26(33-7)27(23)28(31)32)21-13-12-20(9-2)25(16-21)30(5)6/h8,10-16H,1,4,9,17-18H2,2-3,5-7H3/b24-11-,29-10-. The highest BCUT2D eigenvalue weighted by atomic mass is 16.5. The van der Waals surface area contributed by atoms with E-state index in [1.54, 1.807) is 30.4 Å². The van der Waals surface area contributed by atoms with Gasteiger partial charge in [0.25, 0.3) is 5.91 Å². The number of carbonyl (C=O) groups is 1. The smallest absolute Gasteiger partial charge is 0.258 e. The average molecular weight is 444 g/mol. The summed E-state index contributed by atoms with van der Waals surface area (Å²) in [7, 11) is 5.71. The summed E-state index contributed by atoms with van der Waals surface area (Å²) in [6, 6.07) is 10.5. The van der Waals surface area contributed by atoms with Crippen LogP contribution in [0.3, 0.4) is 0 Å². The fourth-order valence-corrected chi connectivity index (χ4v) is 4.28. The zero-order valence-electron chi connectivity index (χ0n) is 20.3. The molecule has 0 bridgehead atoms. The predicted molar refractivity (Wildman–Crippen MR) is 138 cm³/mol. The second-order valence-corrected chi connectivity index (χ2v) is 8.20. The first kappa shape index (κ1) is 24.1. The van der Waals surface area contributed by atoms with Gasteiger partial charge in [-0.25, -0.2) is 0 Å². The van der Waals surface area contributed by atoms with Crippen LogP contribution in [0, 0.1) is 0 Å². The molecule has 5 nitrogen and oxygen atoms in total. The fourth-order valence-electron chi connectivity index (χ4n) is 4.28. The van der Waals surface area contributed by atoms with E-state index in [2.05, 4.69) is 62.3 Å². The molecule has 0 aliphatic carbocycles. The molecule has 0 N–H and O–H groups in total. The SMILES string of the molecule is C=C/C=C(\N=C/C)C(=C)CN1Cc2c(-c3ccc(CC)c(N(C)C)c3)ccc(OC)c2C1=O. The lowest BCUT2D eigenvalue weighted by Crippen LogP contribution is -2.26. The largest absolute Gasteiger partial charge is 0.496 e. The molecule has 0 spiro atoms. The number of nitrogens with zero attached hydrogens (tertiary/aromatic N) is 3. The van der Waals surface area contributed by atoms with E-state index in [0.29, 0.717) is 30.1 Å². The number of hydrogen-bond donors (Lipinski definition) is 0. The minimum absolute atomic E-state index is 0.0544. The van der Waals surface area contributed by atoms with Crippen LogP contribution in [0.5, 0.6) is 5.75 Å². The summed E-state index contributed by atoms with van der Waals surface area (Å²) in [6.07, 6.45) is 6.16. The minimum atomic E-state index is -0.0544.